The zero-order chi connectivity index (χ0) is 22.6. The van der Waals surface area contributed by atoms with Crippen molar-refractivity contribution in [3.63, 3.8) is 0 Å². The van der Waals surface area contributed by atoms with Crippen molar-refractivity contribution in [1.82, 2.24) is 0 Å². The number of aliphatic hydroxyl groups excluding tert-OH is 2. The molecule has 3 aromatic rings. The largest absolute Gasteiger partial charge is 0.506 e. The summed E-state index contributed by atoms with van der Waals surface area (Å²) in [7, 11) is 0. The summed E-state index contributed by atoms with van der Waals surface area (Å²) < 4.78 is 0. The summed E-state index contributed by atoms with van der Waals surface area (Å²) in [6.07, 6.45) is 3.83. The number of fused-ring (bicyclic) bond motifs is 1. The number of amides is 1. The third kappa shape index (κ3) is 6.80. The number of rotatable bonds is 8. The molecule has 3 aromatic carbocycles. The number of hydrogen-bond donors (Lipinski definition) is 5. The fraction of sp³-hybridized carbons (Fsp3) is 0.250. The van der Waals surface area contributed by atoms with E-state index in [-0.39, 0.29) is 24.3 Å². The minimum atomic E-state index is -1.29. The van der Waals surface area contributed by atoms with E-state index in [9.17, 15) is 19.8 Å². The Morgan fingerprint density at radius 1 is 0.806 bits per heavy atom. The highest BCUT2D eigenvalue weighted by Crippen LogP contribution is 2.32. The number of unbranched alkanes of at least 4 members (excludes halogenated alkanes) is 3. The molecule has 0 aliphatic carbocycles. The minimum absolute atomic E-state index is 0.0515. The molecule has 0 atom stereocenters. The van der Waals surface area contributed by atoms with Crippen molar-refractivity contribution < 1.29 is 30.0 Å². The molecule has 0 unspecified atom stereocenters. The maximum Gasteiger partial charge on any atom is 0.339 e. The third-order valence-electron chi connectivity index (χ3n) is 4.58. The number of aliphatic hydroxyl groups is 2. The molecule has 0 saturated heterocycles. The van der Waals surface area contributed by atoms with Gasteiger partial charge in [-0.15, -0.1) is 0 Å². The molecule has 0 aliphatic rings. The SMILES string of the molecule is O=C(O)c1cc2ccccc2c(C(=O)Nc2ccccc2)c1O.OCCCCCCO. The Labute approximate surface area is 180 Å². The van der Waals surface area contributed by atoms with E-state index < -0.39 is 17.6 Å². The zero-order valence-electron chi connectivity index (χ0n) is 17.1. The van der Waals surface area contributed by atoms with Crippen LogP contribution in [0.2, 0.25) is 0 Å². The molecule has 7 nitrogen and oxygen atoms in total. The van der Waals surface area contributed by atoms with Crippen LogP contribution in [0.15, 0.2) is 60.7 Å². The van der Waals surface area contributed by atoms with Gasteiger partial charge < -0.3 is 25.7 Å². The van der Waals surface area contributed by atoms with Gasteiger partial charge in [-0.25, -0.2) is 4.79 Å². The number of aromatic carboxylic acids is 1. The lowest BCUT2D eigenvalue weighted by Gasteiger charge is -2.12. The molecule has 5 N–H and O–H groups in total. The van der Waals surface area contributed by atoms with E-state index in [0.29, 0.717) is 16.5 Å². The van der Waals surface area contributed by atoms with Crippen molar-refractivity contribution in [2.45, 2.75) is 25.7 Å². The molecule has 0 saturated carbocycles. The van der Waals surface area contributed by atoms with Crippen LogP contribution in [-0.2, 0) is 0 Å². The van der Waals surface area contributed by atoms with Gasteiger partial charge >= 0.3 is 5.97 Å². The average molecular weight is 425 g/mol. The number of hydrogen-bond acceptors (Lipinski definition) is 5. The van der Waals surface area contributed by atoms with Gasteiger partial charge in [0, 0.05) is 18.9 Å². The molecule has 164 valence electrons. The van der Waals surface area contributed by atoms with Crippen LogP contribution in [0.3, 0.4) is 0 Å². The highest BCUT2D eigenvalue weighted by atomic mass is 16.4. The fourth-order valence-electron chi connectivity index (χ4n) is 3.02. The first kappa shape index (κ1) is 23.9. The van der Waals surface area contributed by atoms with E-state index in [4.69, 9.17) is 10.2 Å². The van der Waals surface area contributed by atoms with Crippen LogP contribution >= 0.6 is 0 Å². The van der Waals surface area contributed by atoms with Crippen molar-refractivity contribution >= 4 is 28.3 Å². The van der Waals surface area contributed by atoms with Gasteiger partial charge in [0.15, 0.2) is 0 Å². The third-order valence-corrected chi connectivity index (χ3v) is 4.58. The van der Waals surface area contributed by atoms with Crippen molar-refractivity contribution in [3.05, 3.63) is 71.8 Å². The van der Waals surface area contributed by atoms with Crippen LogP contribution in [-0.4, -0.2) is 45.5 Å². The predicted octanol–water partition coefficient (Wildman–Crippen LogP) is 4.03. The molecule has 3 rings (SSSR count). The number of nitrogens with one attached hydrogen (secondary N) is 1. The molecule has 0 aromatic heterocycles. The first-order valence-electron chi connectivity index (χ1n) is 10.1. The van der Waals surface area contributed by atoms with E-state index in [0.717, 1.165) is 25.7 Å². The average Bonchev–Trinajstić information content (AvgIpc) is 2.77. The van der Waals surface area contributed by atoms with Crippen molar-refractivity contribution in [2.24, 2.45) is 0 Å². The maximum absolute atomic E-state index is 12.6. The van der Waals surface area contributed by atoms with Gasteiger partial charge in [0.2, 0.25) is 0 Å². The first-order valence-corrected chi connectivity index (χ1v) is 10.1. The van der Waals surface area contributed by atoms with Gasteiger partial charge in [0.1, 0.15) is 11.3 Å². The van der Waals surface area contributed by atoms with Crippen LogP contribution in [0.25, 0.3) is 10.8 Å². The van der Waals surface area contributed by atoms with E-state index in [1.807, 2.05) is 6.07 Å². The van der Waals surface area contributed by atoms with Gasteiger partial charge in [0.05, 0.1) is 5.56 Å². The molecule has 0 bridgehead atoms. The number of carboxylic acid groups (broad SMARTS) is 1. The number of carbonyl (C=O) groups is 2. The molecule has 0 aliphatic heterocycles. The Morgan fingerprint density at radius 3 is 1.97 bits per heavy atom. The summed E-state index contributed by atoms with van der Waals surface area (Å²) in [5.74, 6) is -2.39. The summed E-state index contributed by atoms with van der Waals surface area (Å²) >= 11 is 0. The lowest BCUT2D eigenvalue weighted by Crippen LogP contribution is -2.14. The number of phenols is 1. The number of benzene rings is 3. The Bertz CT molecular complexity index is 998. The van der Waals surface area contributed by atoms with E-state index in [1.54, 1.807) is 48.5 Å². The van der Waals surface area contributed by atoms with Crippen LogP contribution in [0.1, 0.15) is 46.4 Å². The number of anilines is 1. The van der Waals surface area contributed by atoms with Gasteiger partial charge in [0.25, 0.3) is 5.91 Å². The Morgan fingerprint density at radius 2 is 1.39 bits per heavy atom. The molecule has 0 radical (unpaired) electrons. The quantitative estimate of drug-likeness (QED) is 0.347. The van der Waals surface area contributed by atoms with E-state index in [1.165, 1.54) is 6.07 Å². The van der Waals surface area contributed by atoms with Gasteiger partial charge in [-0.2, -0.15) is 0 Å². The number of aromatic hydroxyl groups is 1. The minimum Gasteiger partial charge on any atom is -0.506 e. The monoisotopic (exact) mass is 425 g/mol. The molecule has 31 heavy (non-hydrogen) atoms. The molecule has 0 heterocycles. The van der Waals surface area contributed by atoms with Gasteiger partial charge in [-0.3, -0.25) is 4.79 Å². The lowest BCUT2D eigenvalue weighted by atomic mass is 9.98. The maximum atomic E-state index is 12.6. The fourth-order valence-corrected chi connectivity index (χ4v) is 3.02. The van der Waals surface area contributed by atoms with Gasteiger partial charge in [-0.05, 0) is 41.8 Å². The van der Waals surface area contributed by atoms with Crippen LogP contribution in [0, 0.1) is 0 Å². The molecule has 0 spiro atoms. The topological polar surface area (TPSA) is 127 Å². The van der Waals surface area contributed by atoms with Crippen LogP contribution in [0.4, 0.5) is 5.69 Å². The van der Waals surface area contributed by atoms with Crippen LogP contribution in [0.5, 0.6) is 5.75 Å². The molecule has 1 amide bonds. The van der Waals surface area contributed by atoms with Gasteiger partial charge in [-0.1, -0.05) is 55.3 Å². The van der Waals surface area contributed by atoms with E-state index in [2.05, 4.69) is 5.32 Å². The highest BCUT2D eigenvalue weighted by Gasteiger charge is 2.22. The molecule has 7 heteroatoms. The van der Waals surface area contributed by atoms with Crippen LogP contribution < -0.4 is 5.32 Å². The summed E-state index contributed by atoms with van der Waals surface area (Å²) in [6, 6.07) is 16.9. The smallest absolute Gasteiger partial charge is 0.339 e. The highest BCUT2D eigenvalue weighted by molar-refractivity contribution is 6.17. The summed E-state index contributed by atoms with van der Waals surface area (Å²) in [6.45, 7) is 0.566. The standard InChI is InChI=1S/C18H13NO4.C6H14O2/c20-16-14(18(22)23)10-11-6-4-5-9-13(11)15(16)17(21)19-12-7-2-1-3-8-12;7-5-3-1-2-4-6-8/h1-10,20H,(H,19,21)(H,22,23);7-8H,1-6H2. The van der Waals surface area contributed by atoms with E-state index >= 15 is 0 Å². The number of para-hydroxylation sites is 1. The molecule has 0 fully saturated rings. The summed E-state index contributed by atoms with van der Waals surface area (Å²) in [5.41, 5.74) is 0.202. The van der Waals surface area contributed by atoms with Crippen molar-refractivity contribution in [1.29, 1.82) is 0 Å². The Hall–Kier alpha value is -3.42. The Kier molecular flexibility index (Phi) is 9.48. The second kappa shape index (κ2) is 12.3. The predicted molar refractivity (Wildman–Crippen MR) is 120 cm³/mol. The zero-order valence-corrected chi connectivity index (χ0v) is 17.1. The second-order valence-corrected chi connectivity index (χ2v) is 6.86. The summed E-state index contributed by atoms with van der Waals surface area (Å²) in [5, 5.41) is 39.8. The normalized spacial score (nSPS) is 10.3. The summed E-state index contributed by atoms with van der Waals surface area (Å²) in [4.78, 5) is 23.9. The second-order valence-electron chi connectivity index (χ2n) is 6.86. The molecular formula is C24H27NO6. The van der Waals surface area contributed by atoms with Crippen molar-refractivity contribution in [3.8, 4) is 5.75 Å². The Balaban J connectivity index is 0.000000366. The molecular weight excluding hydrogens is 398 g/mol. The van der Waals surface area contributed by atoms with Crippen molar-refractivity contribution in [2.75, 3.05) is 18.5 Å². The number of carboxylic acids is 1. The first-order chi connectivity index (χ1) is 15.0. The number of carbonyl (C=O) groups excluding carboxylic acids is 1. The lowest BCUT2D eigenvalue weighted by molar-refractivity contribution is 0.0694.